The second-order valence-corrected chi connectivity index (χ2v) is 12.4. The zero-order valence-corrected chi connectivity index (χ0v) is 26.9. The topological polar surface area (TPSA) is 74.8 Å². The van der Waals surface area contributed by atoms with E-state index >= 15 is 0 Å². The Morgan fingerprint density at radius 1 is 1.10 bits per heavy atom. The molecule has 2 aromatic heterocycles. The largest absolute Gasteiger partial charge is 0.494 e. The summed E-state index contributed by atoms with van der Waals surface area (Å²) in [5.74, 6) is 0.245. The Bertz CT molecular complexity index is 1830. The van der Waals surface area contributed by atoms with E-state index < -0.39 is 12.0 Å². The molecule has 41 heavy (non-hydrogen) atoms. The normalized spacial score (nSPS) is 15.2. The van der Waals surface area contributed by atoms with Gasteiger partial charge in [0, 0.05) is 20.6 Å². The lowest BCUT2D eigenvalue weighted by Crippen LogP contribution is -2.40. The fourth-order valence-corrected chi connectivity index (χ4v) is 6.55. The lowest BCUT2D eigenvalue weighted by molar-refractivity contribution is -0.143. The van der Waals surface area contributed by atoms with Gasteiger partial charge in [0.2, 0.25) is 0 Å². The molecule has 2 aromatic carbocycles. The lowest BCUT2D eigenvalue weighted by Gasteiger charge is -2.25. The summed E-state index contributed by atoms with van der Waals surface area (Å²) in [4.78, 5) is 32.7. The van der Waals surface area contributed by atoms with E-state index in [0.717, 1.165) is 34.0 Å². The summed E-state index contributed by atoms with van der Waals surface area (Å²) in [7, 11) is 0. The molecular weight excluding hydrogens is 649 g/mol. The molecule has 0 unspecified atom stereocenters. The van der Waals surface area contributed by atoms with E-state index in [4.69, 9.17) is 14.5 Å². The average molecular weight is 682 g/mol. The van der Waals surface area contributed by atoms with Crippen LogP contribution in [0.2, 0.25) is 0 Å². The quantitative estimate of drug-likeness (QED) is 0.188. The third-order valence-electron chi connectivity index (χ3n) is 6.93. The molecule has 4 aromatic rings. The number of esters is 1. The monoisotopic (exact) mass is 681 g/mol. The molecule has 3 heterocycles. The average Bonchev–Trinajstić information content (AvgIpc) is 3.38. The number of nitrogens with zero attached hydrogens (tertiary/aromatic N) is 3. The minimum absolute atomic E-state index is 0.200. The molecule has 1 aliphatic rings. The first-order valence-electron chi connectivity index (χ1n) is 13.5. The minimum Gasteiger partial charge on any atom is -0.494 e. The number of hydrogen-bond donors (Lipinski definition) is 0. The molecular formula is C32H32IN3O4S. The molecule has 7 nitrogen and oxygen atoms in total. The van der Waals surface area contributed by atoms with Crippen LogP contribution in [-0.2, 0) is 9.53 Å². The molecule has 0 N–H and O–H groups in total. The van der Waals surface area contributed by atoms with Crippen LogP contribution >= 0.6 is 33.9 Å². The Hall–Kier alpha value is -3.44. The molecule has 212 valence electrons. The van der Waals surface area contributed by atoms with Crippen molar-refractivity contribution in [3.8, 4) is 11.4 Å². The zero-order chi connectivity index (χ0) is 29.4. The first-order chi connectivity index (χ1) is 19.6. The van der Waals surface area contributed by atoms with Crippen LogP contribution in [0.5, 0.6) is 5.75 Å². The highest BCUT2D eigenvalue weighted by molar-refractivity contribution is 14.1. The number of halogens is 1. The van der Waals surface area contributed by atoms with Crippen molar-refractivity contribution in [1.82, 2.24) is 9.13 Å². The van der Waals surface area contributed by atoms with Crippen LogP contribution in [0.25, 0.3) is 11.8 Å². The highest BCUT2D eigenvalue weighted by Gasteiger charge is 2.33. The number of hydrogen-bond acceptors (Lipinski definition) is 6. The fraction of sp³-hybridized carbons (Fsp3) is 0.281. The van der Waals surface area contributed by atoms with Crippen molar-refractivity contribution in [3.63, 3.8) is 0 Å². The van der Waals surface area contributed by atoms with E-state index in [-0.39, 0.29) is 11.7 Å². The molecule has 1 atom stereocenters. The van der Waals surface area contributed by atoms with Crippen LogP contribution in [0.4, 0.5) is 0 Å². The van der Waals surface area contributed by atoms with Crippen molar-refractivity contribution in [2.24, 2.45) is 4.99 Å². The van der Waals surface area contributed by atoms with Gasteiger partial charge < -0.3 is 14.0 Å². The summed E-state index contributed by atoms with van der Waals surface area (Å²) in [6, 6.07) is 17.3. The first kappa shape index (κ1) is 29.1. The van der Waals surface area contributed by atoms with E-state index in [1.165, 1.54) is 14.9 Å². The number of carbonyl (C=O) groups excluding carboxylic acids is 1. The Morgan fingerprint density at radius 2 is 1.78 bits per heavy atom. The number of rotatable bonds is 7. The number of allylic oxidation sites excluding steroid dienone is 1. The predicted molar refractivity (Wildman–Crippen MR) is 171 cm³/mol. The van der Waals surface area contributed by atoms with Crippen LogP contribution in [0.3, 0.4) is 0 Å². The molecule has 0 fully saturated rings. The van der Waals surface area contributed by atoms with Gasteiger partial charge in [-0.15, -0.1) is 0 Å². The Kier molecular flexibility index (Phi) is 8.37. The molecule has 0 saturated heterocycles. The highest BCUT2D eigenvalue weighted by Crippen LogP contribution is 2.32. The Labute approximate surface area is 256 Å². The van der Waals surface area contributed by atoms with Crippen LogP contribution < -0.4 is 19.6 Å². The molecule has 0 spiro atoms. The van der Waals surface area contributed by atoms with Gasteiger partial charge in [0.05, 0.1) is 34.6 Å². The molecule has 0 bridgehead atoms. The van der Waals surface area contributed by atoms with Crippen molar-refractivity contribution in [3.05, 3.63) is 112 Å². The van der Waals surface area contributed by atoms with Crippen LogP contribution in [0.15, 0.2) is 75.7 Å². The van der Waals surface area contributed by atoms with Crippen molar-refractivity contribution in [1.29, 1.82) is 0 Å². The number of carbonyl (C=O) groups is 1. The Balaban J connectivity index is 1.66. The number of fused-ring (bicyclic) bond motifs is 1. The lowest BCUT2D eigenvalue weighted by atomic mass is 9.96. The number of aryl methyl sites for hydroxylation is 1. The summed E-state index contributed by atoms with van der Waals surface area (Å²) in [6.07, 6.45) is 1.62. The van der Waals surface area contributed by atoms with Crippen LogP contribution in [-0.4, -0.2) is 27.8 Å². The van der Waals surface area contributed by atoms with Crippen LogP contribution in [0, 0.1) is 17.4 Å². The summed E-state index contributed by atoms with van der Waals surface area (Å²) < 4.78 is 16.8. The molecule has 1 aliphatic heterocycles. The van der Waals surface area contributed by atoms with Gasteiger partial charge in [0.25, 0.3) is 5.56 Å². The van der Waals surface area contributed by atoms with Crippen molar-refractivity contribution < 1.29 is 14.3 Å². The standard InChI is InChI=1S/C32H32IN3O4S/c1-7-39-26-14-8-22(9-15-26)29-28(31(38)40-18(2)3)20(5)34-32-36(29)30(37)27(41-32)17-23-16-19(4)35(21(23)6)25-12-10-24(33)11-13-25/h8-18,29H,7H2,1-6H3/b27-17+/t29-/m1/s1. The molecule has 0 amide bonds. The number of thiazole rings is 1. The Morgan fingerprint density at radius 3 is 2.41 bits per heavy atom. The van der Waals surface area contributed by atoms with Gasteiger partial charge in [-0.3, -0.25) is 9.36 Å². The van der Waals surface area contributed by atoms with Crippen LogP contribution in [0.1, 0.15) is 56.3 Å². The van der Waals surface area contributed by atoms with Crippen molar-refractivity contribution >= 4 is 46.0 Å². The van der Waals surface area contributed by atoms with E-state index in [9.17, 15) is 9.59 Å². The first-order valence-corrected chi connectivity index (χ1v) is 15.4. The van der Waals surface area contributed by atoms with Gasteiger partial charge in [0.15, 0.2) is 4.80 Å². The maximum Gasteiger partial charge on any atom is 0.338 e. The fourth-order valence-electron chi connectivity index (χ4n) is 5.15. The third-order valence-corrected chi connectivity index (χ3v) is 8.63. The van der Waals surface area contributed by atoms with E-state index in [1.54, 1.807) is 11.5 Å². The summed E-state index contributed by atoms with van der Waals surface area (Å²) >= 11 is 3.63. The van der Waals surface area contributed by atoms with Gasteiger partial charge in [0.1, 0.15) is 5.75 Å². The molecule has 5 rings (SSSR count). The predicted octanol–water partition coefficient (Wildman–Crippen LogP) is 5.60. The van der Waals surface area contributed by atoms with E-state index in [0.29, 0.717) is 27.2 Å². The molecule has 9 heteroatoms. The molecule has 0 aliphatic carbocycles. The minimum atomic E-state index is -0.672. The molecule has 0 saturated carbocycles. The van der Waals surface area contributed by atoms with E-state index in [1.807, 2.05) is 51.1 Å². The second kappa shape index (κ2) is 11.8. The van der Waals surface area contributed by atoms with Gasteiger partial charge in [-0.2, -0.15) is 0 Å². The number of aromatic nitrogens is 2. The van der Waals surface area contributed by atoms with Gasteiger partial charge in [-0.05, 0) is 124 Å². The van der Waals surface area contributed by atoms with Crippen molar-refractivity contribution in [2.45, 2.75) is 53.7 Å². The number of ether oxygens (including phenoxy) is 2. The van der Waals surface area contributed by atoms with Crippen molar-refractivity contribution in [2.75, 3.05) is 6.61 Å². The summed E-state index contributed by atoms with van der Waals surface area (Å²) in [5, 5.41) is 0. The van der Waals surface area contributed by atoms with Gasteiger partial charge >= 0.3 is 5.97 Å². The van der Waals surface area contributed by atoms with E-state index in [2.05, 4.69) is 71.3 Å². The van der Waals surface area contributed by atoms with Gasteiger partial charge in [-0.1, -0.05) is 23.5 Å². The molecule has 0 radical (unpaired) electrons. The second-order valence-electron chi connectivity index (χ2n) is 10.2. The zero-order valence-electron chi connectivity index (χ0n) is 23.9. The third kappa shape index (κ3) is 5.70. The maximum atomic E-state index is 14.1. The summed E-state index contributed by atoms with van der Waals surface area (Å²) in [6.45, 7) is 12.0. The SMILES string of the molecule is CCOc1ccc([C@@H]2C(C(=O)OC(C)C)=C(C)N=c3s/c(=C/c4cc(C)n(-c5ccc(I)cc5)c4C)c(=O)n32)cc1. The smallest absolute Gasteiger partial charge is 0.338 e. The number of benzene rings is 2. The highest BCUT2D eigenvalue weighted by atomic mass is 127. The van der Waals surface area contributed by atoms with Gasteiger partial charge in [-0.25, -0.2) is 9.79 Å². The maximum absolute atomic E-state index is 14.1. The summed E-state index contributed by atoms with van der Waals surface area (Å²) in [5.41, 5.74) is 5.62.